The molecule has 1 aliphatic heterocycles. The zero-order chi connectivity index (χ0) is 26.2. The van der Waals surface area contributed by atoms with Gasteiger partial charge in [-0.2, -0.15) is 0 Å². The minimum atomic E-state index is -0.704. The molecule has 4 aliphatic carbocycles. The third-order valence-electron chi connectivity index (χ3n) is 9.51. The first-order valence-electron chi connectivity index (χ1n) is 13.9. The van der Waals surface area contributed by atoms with E-state index < -0.39 is 17.8 Å². The number of benzene rings is 2. The van der Waals surface area contributed by atoms with E-state index in [4.69, 9.17) is 0 Å². The molecule has 1 N–H and O–H groups in total. The molecule has 0 radical (unpaired) electrons. The van der Waals surface area contributed by atoms with Gasteiger partial charge in [0, 0.05) is 28.7 Å². The zero-order valence-electron chi connectivity index (χ0n) is 21.9. The topological polar surface area (TPSA) is 71.4 Å². The lowest BCUT2D eigenvalue weighted by Crippen LogP contribution is -2.54. The summed E-state index contributed by atoms with van der Waals surface area (Å²) in [5, 5.41) is 3.34. The summed E-state index contributed by atoms with van der Waals surface area (Å²) in [6, 6.07) is 15.4. The van der Waals surface area contributed by atoms with Gasteiger partial charge in [0.1, 0.15) is 5.57 Å². The van der Waals surface area contributed by atoms with E-state index in [1.165, 1.54) is 44.1 Å². The van der Waals surface area contributed by atoms with Crippen molar-refractivity contribution in [3.63, 3.8) is 0 Å². The highest BCUT2D eigenvalue weighted by Gasteiger charge is 2.51. The fourth-order valence-corrected chi connectivity index (χ4v) is 8.25. The molecule has 38 heavy (non-hydrogen) atoms. The lowest BCUT2D eigenvalue weighted by Gasteiger charge is -2.57. The van der Waals surface area contributed by atoms with E-state index in [9.17, 15) is 14.4 Å². The average Bonchev–Trinajstić information content (AvgIpc) is 3.25. The SMILES string of the molecule is CC(C)n1cc(/C=C2\C(=O)NC(=O)N(c3ccc(C45CC6CC(CC(C6)C4)C5)cc3)C2=O)c2ccccc21. The lowest BCUT2D eigenvalue weighted by molar-refractivity contribution is -0.122. The van der Waals surface area contributed by atoms with Crippen molar-refractivity contribution in [3.8, 4) is 0 Å². The molecule has 0 unspecified atom stereocenters. The van der Waals surface area contributed by atoms with Crippen LogP contribution < -0.4 is 10.2 Å². The van der Waals surface area contributed by atoms with E-state index in [0.29, 0.717) is 5.69 Å². The van der Waals surface area contributed by atoms with Crippen LogP contribution in [0.3, 0.4) is 0 Å². The number of fused-ring (bicyclic) bond motifs is 1. The molecule has 0 atom stereocenters. The summed E-state index contributed by atoms with van der Waals surface area (Å²) in [5.41, 5.74) is 3.84. The van der Waals surface area contributed by atoms with E-state index in [-0.39, 0.29) is 17.0 Å². The Morgan fingerprint density at radius 1 is 0.895 bits per heavy atom. The predicted octanol–water partition coefficient (Wildman–Crippen LogP) is 6.36. The Morgan fingerprint density at radius 3 is 2.16 bits per heavy atom. The van der Waals surface area contributed by atoms with Gasteiger partial charge in [0.15, 0.2) is 0 Å². The van der Waals surface area contributed by atoms with Gasteiger partial charge < -0.3 is 4.57 Å². The largest absolute Gasteiger partial charge is 0.344 e. The van der Waals surface area contributed by atoms with Crippen LogP contribution in [-0.4, -0.2) is 22.4 Å². The normalized spacial score (nSPS) is 29.7. The minimum Gasteiger partial charge on any atom is -0.344 e. The molecule has 2 heterocycles. The van der Waals surface area contributed by atoms with Crippen molar-refractivity contribution in [3.05, 3.63) is 71.4 Å². The van der Waals surface area contributed by atoms with Gasteiger partial charge in [-0.3, -0.25) is 14.9 Å². The molecule has 194 valence electrons. The number of imide groups is 2. The summed E-state index contributed by atoms with van der Waals surface area (Å²) in [5.74, 6) is 1.27. The minimum absolute atomic E-state index is 0.0404. The molecule has 1 aromatic heterocycles. The molecule has 6 nitrogen and oxygen atoms in total. The highest BCUT2D eigenvalue weighted by atomic mass is 16.2. The molecule has 1 saturated heterocycles. The first-order chi connectivity index (χ1) is 18.3. The van der Waals surface area contributed by atoms with Crippen LogP contribution in [0.25, 0.3) is 17.0 Å². The van der Waals surface area contributed by atoms with Crippen LogP contribution in [0.1, 0.15) is 69.5 Å². The number of anilines is 1. The summed E-state index contributed by atoms with van der Waals surface area (Å²) in [6.07, 6.45) is 11.5. The van der Waals surface area contributed by atoms with Crippen molar-refractivity contribution >= 4 is 40.5 Å². The van der Waals surface area contributed by atoms with Gasteiger partial charge in [-0.15, -0.1) is 0 Å². The second-order valence-corrected chi connectivity index (χ2v) is 12.3. The van der Waals surface area contributed by atoms with Crippen molar-refractivity contribution in [1.82, 2.24) is 9.88 Å². The van der Waals surface area contributed by atoms with E-state index in [2.05, 4.69) is 35.9 Å². The van der Waals surface area contributed by atoms with Crippen LogP contribution in [-0.2, 0) is 15.0 Å². The van der Waals surface area contributed by atoms with Crippen LogP contribution in [0.15, 0.2) is 60.3 Å². The van der Waals surface area contributed by atoms with Crippen molar-refractivity contribution in [2.45, 2.75) is 63.8 Å². The van der Waals surface area contributed by atoms with Gasteiger partial charge in [0.05, 0.1) is 5.69 Å². The molecule has 4 bridgehead atoms. The highest BCUT2D eigenvalue weighted by molar-refractivity contribution is 6.39. The number of aromatic nitrogens is 1. The number of urea groups is 1. The van der Waals surface area contributed by atoms with Crippen molar-refractivity contribution < 1.29 is 14.4 Å². The summed E-state index contributed by atoms with van der Waals surface area (Å²) in [6.45, 7) is 4.19. The molecule has 6 heteroatoms. The standard InChI is InChI=1S/C32H33N3O3/c1-19(2)34-18-23(26-5-3-4-6-28(26)34)14-27-29(36)33-31(38)35(30(27)37)25-9-7-24(8-10-25)32-15-20-11-21(16-32)13-22(12-20)17-32/h3-10,14,18-22H,11-13,15-17H2,1-2H3,(H,33,36,38)/b27-14+. The van der Waals surface area contributed by atoms with E-state index in [0.717, 1.165) is 39.1 Å². The third-order valence-corrected chi connectivity index (χ3v) is 9.51. The van der Waals surface area contributed by atoms with Crippen LogP contribution in [0.2, 0.25) is 0 Å². The second-order valence-electron chi connectivity index (χ2n) is 12.3. The molecule has 2 aromatic carbocycles. The Hall–Kier alpha value is -3.67. The average molecular weight is 508 g/mol. The van der Waals surface area contributed by atoms with Gasteiger partial charge in [-0.25, -0.2) is 9.69 Å². The lowest BCUT2D eigenvalue weighted by atomic mass is 9.48. The van der Waals surface area contributed by atoms with E-state index >= 15 is 0 Å². The molecular formula is C32H33N3O3. The Kier molecular flexibility index (Phi) is 5.19. The number of carbonyl (C=O) groups is 3. The number of nitrogens with zero attached hydrogens (tertiary/aromatic N) is 2. The first kappa shape index (κ1) is 23.4. The Labute approximate surface area is 222 Å². The molecule has 3 aromatic rings. The summed E-state index contributed by atoms with van der Waals surface area (Å²) in [7, 11) is 0. The molecular weight excluding hydrogens is 474 g/mol. The van der Waals surface area contributed by atoms with E-state index in [1.54, 1.807) is 6.08 Å². The van der Waals surface area contributed by atoms with Crippen molar-refractivity contribution in [1.29, 1.82) is 0 Å². The predicted molar refractivity (Wildman–Crippen MR) is 148 cm³/mol. The zero-order valence-corrected chi connectivity index (χ0v) is 21.9. The second kappa shape index (κ2) is 8.42. The Morgan fingerprint density at radius 2 is 1.53 bits per heavy atom. The quantitative estimate of drug-likeness (QED) is 0.330. The maximum atomic E-state index is 13.6. The Bertz CT molecular complexity index is 1480. The number of hydrogen-bond donors (Lipinski definition) is 1. The number of rotatable bonds is 4. The number of barbiturate groups is 1. The summed E-state index contributed by atoms with van der Waals surface area (Å²) in [4.78, 5) is 40.4. The first-order valence-corrected chi connectivity index (χ1v) is 13.9. The maximum absolute atomic E-state index is 13.6. The third kappa shape index (κ3) is 3.57. The smallest absolute Gasteiger partial charge is 0.335 e. The van der Waals surface area contributed by atoms with Crippen LogP contribution >= 0.6 is 0 Å². The van der Waals surface area contributed by atoms with Crippen molar-refractivity contribution in [2.24, 2.45) is 17.8 Å². The fraction of sp³-hybridized carbons (Fsp3) is 0.406. The Balaban J connectivity index is 1.22. The number of para-hydroxylation sites is 1. The molecule has 8 rings (SSSR count). The number of amides is 4. The van der Waals surface area contributed by atoms with Crippen molar-refractivity contribution in [2.75, 3.05) is 4.90 Å². The molecule has 5 fully saturated rings. The highest BCUT2D eigenvalue weighted by Crippen LogP contribution is 2.60. The summed E-state index contributed by atoms with van der Waals surface area (Å²) < 4.78 is 2.12. The van der Waals surface area contributed by atoms with Crippen LogP contribution in [0.4, 0.5) is 10.5 Å². The van der Waals surface area contributed by atoms with E-state index in [1.807, 2.05) is 42.6 Å². The van der Waals surface area contributed by atoms with Gasteiger partial charge in [-0.1, -0.05) is 30.3 Å². The van der Waals surface area contributed by atoms with Gasteiger partial charge in [-0.05, 0) is 105 Å². The van der Waals surface area contributed by atoms with Crippen LogP contribution in [0.5, 0.6) is 0 Å². The van der Waals surface area contributed by atoms with Gasteiger partial charge >= 0.3 is 6.03 Å². The number of carbonyl (C=O) groups excluding carboxylic acids is 3. The molecule has 0 spiro atoms. The summed E-state index contributed by atoms with van der Waals surface area (Å²) >= 11 is 0. The van der Waals surface area contributed by atoms with Crippen LogP contribution in [0, 0.1) is 17.8 Å². The number of nitrogens with one attached hydrogen (secondary N) is 1. The monoisotopic (exact) mass is 507 g/mol. The molecule has 5 aliphatic rings. The van der Waals surface area contributed by atoms with Gasteiger partial charge in [0.25, 0.3) is 11.8 Å². The number of hydrogen-bond acceptors (Lipinski definition) is 3. The maximum Gasteiger partial charge on any atom is 0.335 e. The fourth-order valence-electron chi connectivity index (χ4n) is 8.25. The molecule has 4 amide bonds. The molecule has 4 saturated carbocycles. The van der Waals surface area contributed by atoms with Gasteiger partial charge in [0.2, 0.25) is 0 Å².